The fraction of sp³-hybridized carbons (Fsp3) is 0.263. The van der Waals surface area contributed by atoms with E-state index in [2.05, 4.69) is 77.8 Å². The maximum Gasteiger partial charge on any atom is 0.153 e. The largest absolute Gasteiger partial charge is 0.378 e. The molecule has 0 saturated carbocycles. The van der Waals surface area contributed by atoms with E-state index in [-0.39, 0.29) is 0 Å². The number of anilines is 1. The molecule has 3 aromatic rings. The normalized spacial score (nSPS) is 17.5. The van der Waals surface area contributed by atoms with Gasteiger partial charge in [0.15, 0.2) is 6.04 Å². The van der Waals surface area contributed by atoms with E-state index in [0.29, 0.717) is 6.04 Å². The number of quaternary nitrogens is 1. The zero-order chi connectivity index (χ0) is 15.1. The van der Waals surface area contributed by atoms with E-state index in [4.69, 9.17) is 0 Å². The number of rotatable bonds is 2. The van der Waals surface area contributed by atoms with E-state index >= 15 is 0 Å². The first kappa shape index (κ1) is 13.4. The molecule has 0 radical (unpaired) electrons. The van der Waals surface area contributed by atoms with Gasteiger partial charge in [-0.1, -0.05) is 30.3 Å². The molecule has 3 N–H and O–H groups in total. The standard InChI is InChI=1S/C19H21N3/c1-22(2)14-9-7-13(8-10-14)18-19-16(11-12-20-18)15-5-3-4-6-17(15)21-19/h3-10,18,20-21H,11-12H2,1-2H3/p+1/t18-/m1/s1. The lowest BCUT2D eigenvalue weighted by atomic mass is 9.94. The van der Waals surface area contributed by atoms with Gasteiger partial charge in [-0.15, -0.1) is 0 Å². The van der Waals surface area contributed by atoms with E-state index < -0.39 is 0 Å². The summed E-state index contributed by atoms with van der Waals surface area (Å²) in [6.45, 7) is 1.15. The predicted molar refractivity (Wildman–Crippen MR) is 91.4 cm³/mol. The van der Waals surface area contributed by atoms with Crippen LogP contribution in [-0.2, 0) is 6.42 Å². The molecule has 3 nitrogen and oxygen atoms in total. The number of hydrogen-bond donors (Lipinski definition) is 2. The van der Waals surface area contributed by atoms with Crippen LogP contribution in [0.1, 0.15) is 22.9 Å². The number of fused-ring (bicyclic) bond motifs is 3. The number of nitrogens with one attached hydrogen (secondary N) is 1. The number of aromatic nitrogens is 1. The molecule has 112 valence electrons. The van der Waals surface area contributed by atoms with Gasteiger partial charge in [-0.3, -0.25) is 0 Å². The molecular formula is C19H22N3+. The van der Waals surface area contributed by atoms with Gasteiger partial charge in [0.25, 0.3) is 0 Å². The van der Waals surface area contributed by atoms with Gasteiger partial charge in [0, 0.05) is 42.7 Å². The highest BCUT2D eigenvalue weighted by molar-refractivity contribution is 5.85. The lowest BCUT2D eigenvalue weighted by Gasteiger charge is -2.22. The number of hydrogen-bond acceptors (Lipinski definition) is 1. The average Bonchev–Trinajstić information content (AvgIpc) is 2.93. The topological polar surface area (TPSA) is 35.6 Å². The summed E-state index contributed by atoms with van der Waals surface area (Å²) in [4.78, 5) is 5.80. The lowest BCUT2D eigenvalue weighted by molar-refractivity contribution is -0.690. The summed E-state index contributed by atoms with van der Waals surface area (Å²) in [5, 5.41) is 3.84. The van der Waals surface area contributed by atoms with Crippen molar-refractivity contribution in [3.8, 4) is 0 Å². The summed E-state index contributed by atoms with van der Waals surface area (Å²) in [5.41, 5.74) is 6.76. The lowest BCUT2D eigenvalue weighted by Crippen LogP contribution is -2.87. The molecule has 1 atom stereocenters. The van der Waals surface area contributed by atoms with Gasteiger partial charge in [-0.25, -0.2) is 0 Å². The fourth-order valence-corrected chi connectivity index (χ4v) is 3.55. The maximum absolute atomic E-state index is 3.66. The first-order valence-electron chi connectivity index (χ1n) is 7.94. The van der Waals surface area contributed by atoms with E-state index in [1.165, 1.54) is 33.4 Å². The molecule has 0 unspecified atom stereocenters. The van der Waals surface area contributed by atoms with Crippen molar-refractivity contribution in [1.82, 2.24) is 4.98 Å². The van der Waals surface area contributed by atoms with Crippen LogP contribution in [0.2, 0.25) is 0 Å². The zero-order valence-electron chi connectivity index (χ0n) is 13.1. The second kappa shape index (κ2) is 5.18. The van der Waals surface area contributed by atoms with Gasteiger partial charge in [-0.05, 0) is 23.8 Å². The van der Waals surface area contributed by atoms with Crippen molar-refractivity contribution >= 4 is 16.6 Å². The fourth-order valence-electron chi connectivity index (χ4n) is 3.55. The van der Waals surface area contributed by atoms with Crippen LogP contribution < -0.4 is 10.2 Å². The zero-order valence-corrected chi connectivity index (χ0v) is 13.1. The Hall–Kier alpha value is -2.26. The summed E-state index contributed by atoms with van der Waals surface area (Å²) in [5.74, 6) is 0. The molecule has 1 aliphatic rings. The van der Waals surface area contributed by atoms with E-state index in [0.717, 1.165) is 13.0 Å². The quantitative estimate of drug-likeness (QED) is 0.748. The van der Waals surface area contributed by atoms with Crippen LogP contribution in [0.15, 0.2) is 48.5 Å². The number of nitrogens with zero attached hydrogens (tertiary/aromatic N) is 1. The summed E-state index contributed by atoms with van der Waals surface area (Å²) in [7, 11) is 4.16. The summed E-state index contributed by atoms with van der Waals surface area (Å²) < 4.78 is 0. The molecule has 2 aromatic carbocycles. The average molecular weight is 292 g/mol. The van der Waals surface area contributed by atoms with Crippen LogP contribution in [0, 0.1) is 0 Å². The van der Waals surface area contributed by atoms with Crippen molar-refractivity contribution in [2.75, 3.05) is 25.5 Å². The maximum atomic E-state index is 3.66. The highest BCUT2D eigenvalue weighted by Gasteiger charge is 2.28. The van der Waals surface area contributed by atoms with E-state index in [1.54, 1.807) is 0 Å². The minimum Gasteiger partial charge on any atom is -0.378 e. The number of nitrogens with two attached hydrogens (primary N) is 1. The van der Waals surface area contributed by atoms with Crippen LogP contribution in [0.5, 0.6) is 0 Å². The van der Waals surface area contributed by atoms with Crippen molar-refractivity contribution in [3.05, 3.63) is 65.4 Å². The SMILES string of the molecule is CN(C)c1ccc([C@H]2[NH2+]CCc3c2[nH]c2ccccc32)cc1. The second-order valence-electron chi connectivity index (χ2n) is 6.30. The molecule has 3 heteroatoms. The number of H-pyrrole nitrogens is 1. The Balaban J connectivity index is 1.78. The predicted octanol–water partition coefficient (Wildman–Crippen LogP) is 2.44. The first-order valence-corrected chi connectivity index (χ1v) is 7.94. The minimum absolute atomic E-state index is 0.382. The van der Waals surface area contributed by atoms with Crippen molar-refractivity contribution < 1.29 is 5.32 Å². The third kappa shape index (κ3) is 2.09. The van der Waals surface area contributed by atoms with E-state index in [1.807, 2.05) is 0 Å². The van der Waals surface area contributed by atoms with Crippen LogP contribution in [0.4, 0.5) is 5.69 Å². The van der Waals surface area contributed by atoms with Gasteiger partial charge in [0.2, 0.25) is 0 Å². The molecule has 0 bridgehead atoms. The molecule has 2 heterocycles. The van der Waals surface area contributed by atoms with Crippen LogP contribution >= 0.6 is 0 Å². The third-order valence-corrected chi connectivity index (χ3v) is 4.72. The molecule has 22 heavy (non-hydrogen) atoms. The molecule has 0 saturated heterocycles. The highest BCUT2D eigenvalue weighted by Crippen LogP contribution is 2.31. The summed E-state index contributed by atoms with van der Waals surface area (Å²) >= 11 is 0. The van der Waals surface area contributed by atoms with Crippen LogP contribution in [0.3, 0.4) is 0 Å². The molecule has 0 amide bonds. The van der Waals surface area contributed by atoms with Crippen molar-refractivity contribution in [2.45, 2.75) is 12.5 Å². The van der Waals surface area contributed by atoms with Gasteiger partial charge >= 0.3 is 0 Å². The molecule has 4 rings (SSSR count). The monoisotopic (exact) mass is 292 g/mol. The first-order chi connectivity index (χ1) is 10.7. The number of para-hydroxylation sites is 1. The molecule has 1 aliphatic heterocycles. The van der Waals surface area contributed by atoms with Gasteiger partial charge in [-0.2, -0.15) is 0 Å². The van der Waals surface area contributed by atoms with Gasteiger partial charge in [0.05, 0.1) is 12.2 Å². The number of aromatic amines is 1. The van der Waals surface area contributed by atoms with Gasteiger partial charge in [0.1, 0.15) is 0 Å². The van der Waals surface area contributed by atoms with Crippen molar-refractivity contribution in [3.63, 3.8) is 0 Å². The Morgan fingerprint density at radius 3 is 2.59 bits per heavy atom. The number of benzene rings is 2. The van der Waals surface area contributed by atoms with Crippen LogP contribution in [-0.4, -0.2) is 25.6 Å². The van der Waals surface area contributed by atoms with Crippen LogP contribution in [0.25, 0.3) is 10.9 Å². The molecule has 0 spiro atoms. The van der Waals surface area contributed by atoms with Gasteiger partial charge < -0.3 is 15.2 Å². The van der Waals surface area contributed by atoms with E-state index in [9.17, 15) is 0 Å². The Morgan fingerprint density at radius 2 is 1.82 bits per heavy atom. The Labute approximate surface area is 131 Å². The minimum atomic E-state index is 0.382. The Kier molecular flexibility index (Phi) is 3.16. The summed E-state index contributed by atoms with van der Waals surface area (Å²) in [6, 6.07) is 18.0. The smallest absolute Gasteiger partial charge is 0.153 e. The second-order valence-corrected chi connectivity index (χ2v) is 6.30. The van der Waals surface area contributed by atoms with Crippen molar-refractivity contribution in [2.24, 2.45) is 0 Å². The molecular weight excluding hydrogens is 270 g/mol. The molecule has 0 aliphatic carbocycles. The Morgan fingerprint density at radius 1 is 1.05 bits per heavy atom. The molecule has 0 fully saturated rings. The summed E-state index contributed by atoms with van der Waals surface area (Å²) in [6.07, 6.45) is 1.14. The highest BCUT2D eigenvalue weighted by atomic mass is 15.1. The Bertz CT molecular complexity index is 799. The third-order valence-electron chi connectivity index (χ3n) is 4.72. The van der Waals surface area contributed by atoms with Crippen molar-refractivity contribution in [1.29, 1.82) is 0 Å². The molecule has 1 aromatic heterocycles.